The van der Waals surface area contributed by atoms with Gasteiger partial charge in [0.1, 0.15) is 5.75 Å². The van der Waals surface area contributed by atoms with E-state index < -0.39 is 0 Å². The Morgan fingerprint density at radius 1 is 1.56 bits per heavy atom. The van der Waals surface area contributed by atoms with Gasteiger partial charge >= 0.3 is 0 Å². The van der Waals surface area contributed by atoms with Gasteiger partial charge in [-0.3, -0.25) is 0 Å². The van der Waals surface area contributed by atoms with Crippen LogP contribution in [0.2, 0.25) is 0 Å². The van der Waals surface area contributed by atoms with Gasteiger partial charge in [-0.25, -0.2) is 0 Å². The molecule has 0 bridgehead atoms. The maximum atomic E-state index is 10.3. The Balaban J connectivity index is 2.03. The molecule has 3 nitrogen and oxygen atoms in total. The summed E-state index contributed by atoms with van der Waals surface area (Å²) >= 11 is 3.53. The molecule has 100 valence electrons. The number of halogens is 1. The Hall–Kier alpha value is -0.580. The van der Waals surface area contributed by atoms with Crippen LogP contribution >= 0.6 is 15.9 Å². The summed E-state index contributed by atoms with van der Waals surface area (Å²) in [5.74, 6) is 1.19. The minimum atomic E-state index is -0.291. The van der Waals surface area contributed by atoms with E-state index in [0.717, 1.165) is 41.7 Å². The maximum Gasteiger partial charge on any atom is 0.119 e. The fraction of sp³-hybridized carbons (Fsp3) is 0.571. The zero-order valence-electron chi connectivity index (χ0n) is 10.7. The summed E-state index contributed by atoms with van der Waals surface area (Å²) < 4.78 is 6.26. The summed E-state index contributed by atoms with van der Waals surface area (Å²) in [7, 11) is 1.66. The zero-order valence-corrected chi connectivity index (χ0v) is 12.2. The van der Waals surface area contributed by atoms with Crippen molar-refractivity contribution in [3.05, 3.63) is 28.2 Å². The van der Waals surface area contributed by atoms with E-state index in [1.54, 1.807) is 7.11 Å². The quantitative estimate of drug-likeness (QED) is 0.896. The van der Waals surface area contributed by atoms with Crippen molar-refractivity contribution in [1.29, 1.82) is 0 Å². The first kappa shape index (κ1) is 13.8. The molecule has 1 aliphatic heterocycles. The molecular weight excluding hydrogens is 294 g/mol. The van der Waals surface area contributed by atoms with Crippen molar-refractivity contribution in [2.45, 2.75) is 25.4 Å². The van der Waals surface area contributed by atoms with E-state index in [0.29, 0.717) is 12.3 Å². The van der Waals surface area contributed by atoms with Crippen molar-refractivity contribution in [1.82, 2.24) is 5.32 Å². The van der Waals surface area contributed by atoms with E-state index in [1.807, 2.05) is 18.2 Å². The number of hydrogen-bond acceptors (Lipinski definition) is 3. The molecule has 1 fully saturated rings. The molecule has 2 unspecified atom stereocenters. The van der Waals surface area contributed by atoms with Gasteiger partial charge in [0, 0.05) is 11.0 Å². The molecule has 0 aliphatic carbocycles. The van der Waals surface area contributed by atoms with Crippen LogP contribution in [-0.2, 0) is 6.42 Å². The lowest BCUT2D eigenvalue weighted by Gasteiger charge is -2.27. The number of aliphatic hydroxyl groups excluding tert-OH is 1. The van der Waals surface area contributed by atoms with Gasteiger partial charge in [0.25, 0.3) is 0 Å². The highest BCUT2D eigenvalue weighted by molar-refractivity contribution is 9.10. The van der Waals surface area contributed by atoms with Crippen LogP contribution in [0.4, 0.5) is 0 Å². The van der Waals surface area contributed by atoms with Crippen molar-refractivity contribution >= 4 is 15.9 Å². The fourth-order valence-electron chi connectivity index (χ4n) is 2.43. The highest BCUT2D eigenvalue weighted by Gasteiger charge is 2.22. The van der Waals surface area contributed by atoms with Crippen molar-refractivity contribution < 1.29 is 9.84 Å². The summed E-state index contributed by atoms with van der Waals surface area (Å²) in [6.45, 7) is 1.99. The summed E-state index contributed by atoms with van der Waals surface area (Å²) in [5, 5.41) is 13.7. The number of methoxy groups -OCH3 is 1. The third-order valence-corrected chi connectivity index (χ3v) is 4.33. The minimum absolute atomic E-state index is 0.291. The third kappa shape index (κ3) is 3.46. The Morgan fingerprint density at radius 2 is 2.39 bits per heavy atom. The van der Waals surface area contributed by atoms with Gasteiger partial charge in [-0.2, -0.15) is 0 Å². The molecule has 0 spiro atoms. The summed E-state index contributed by atoms with van der Waals surface area (Å²) in [6.07, 6.45) is 2.64. The molecule has 18 heavy (non-hydrogen) atoms. The summed E-state index contributed by atoms with van der Waals surface area (Å²) in [4.78, 5) is 0. The maximum absolute atomic E-state index is 10.3. The largest absolute Gasteiger partial charge is 0.497 e. The van der Waals surface area contributed by atoms with Crippen LogP contribution in [0.15, 0.2) is 22.7 Å². The summed E-state index contributed by atoms with van der Waals surface area (Å²) in [5.41, 5.74) is 1.10. The van der Waals surface area contributed by atoms with E-state index in [4.69, 9.17) is 4.74 Å². The van der Waals surface area contributed by atoms with E-state index in [2.05, 4.69) is 21.2 Å². The summed E-state index contributed by atoms with van der Waals surface area (Å²) in [6, 6.07) is 5.88. The second kappa shape index (κ2) is 6.55. The first-order valence-electron chi connectivity index (χ1n) is 6.42. The molecule has 0 aromatic heterocycles. The van der Waals surface area contributed by atoms with Crippen LogP contribution in [0.1, 0.15) is 18.4 Å². The van der Waals surface area contributed by atoms with Gasteiger partial charge in [0.05, 0.1) is 13.2 Å². The van der Waals surface area contributed by atoms with Crippen molar-refractivity contribution in [3.63, 3.8) is 0 Å². The molecule has 1 saturated heterocycles. The van der Waals surface area contributed by atoms with Gasteiger partial charge in [-0.1, -0.05) is 15.9 Å². The molecule has 1 heterocycles. The van der Waals surface area contributed by atoms with E-state index in [1.165, 1.54) is 0 Å². The normalized spacial score (nSPS) is 21.6. The molecule has 1 aromatic rings. The van der Waals surface area contributed by atoms with E-state index in [9.17, 15) is 5.11 Å². The Morgan fingerprint density at radius 3 is 3.06 bits per heavy atom. The lowest BCUT2D eigenvalue weighted by atomic mass is 9.90. The number of aliphatic hydroxyl groups is 1. The number of hydrogen-bond donors (Lipinski definition) is 2. The number of rotatable bonds is 4. The average Bonchev–Trinajstić information content (AvgIpc) is 2.42. The predicted molar refractivity (Wildman–Crippen MR) is 76.0 cm³/mol. The highest BCUT2D eigenvalue weighted by Crippen LogP contribution is 2.26. The van der Waals surface area contributed by atoms with Gasteiger partial charge < -0.3 is 15.2 Å². The molecule has 0 amide bonds. The number of nitrogens with one attached hydrogen (secondary N) is 1. The molecule has 2 atom stereocenters. The van der Waals surface area contributed by atoms with Crippen LogP contribution in [0.3, 0.4) is 0 Å². The molecule has 1 aliphatic rings. The minimum Gasteiger partial charge on any atom is -0.497 e. The Labute approximate surface area is 117 Å². The van der Waals surface area contributed by atoms with Crippen LogP contribution in [0.5, 0.6) is 5.75 Å². The van der Waals surface area contributed by atoms with Gasteiger partial charge in [0.15, 0.2) is 0 Å². The third-order valence-electron chi connectivity index (χ3n) is 3.56. The number of benzene rings is 1. The standard InChI is InChI=1S/C14H20BrNO2/c1-18-12-4-5-13(15)11(7-12)8-14(17)10-3-2-6-16-9-10/h4-5,7,10,14,16-17H,2-3,6,8-9H2,1H3. The van der Waals surface area contributed by atoms with E-state index in [-0.39, 0.29) is 6.10 Å². The molecule has 0 radical (unpaired) electrons. The van der Waals surface area contributed by atoms with Crippen molar-refractivity contribution in [3.8, 4) is 5.75 Å². The monoisotopic (exact) mass is 313 g/mol. The van der Waals surface area contributed by atoms with E-state index >= 15 is 0 Å². The molecule has 4 heteroatoms. The van der Waals surface area contributed by atoms with Crippen LogP contribution in [-0.4, -0.2) is 31.4 Å². The van der Waals surface area contributed by atoms with Gasteiger partial charge in [-0.15, -0.1) is 0 Å². The fourth-order valence-corrected chi connectivity index (χ4v) is 2.84. The SMILES string of the molecule is COc1ccc(Br)c(CC(O)C2CCCNC2)c1. The highest BCUT2D eigenvalue weighted by atomic mass is 79.9. The van der Waals surface area contributed by atoms with Crippen LogP contribution in [0, 0.1) is 5.92 Å². The molecular formula is C14H20BrNO2. The zero-order chi connectivity index (χ0) is 13.0. The molecule has 2 N–H and O–H groups in total. The lowest BCUT2D eigenvalue weighted by molar-refractivity contribution is 0.0920. The first-order valence-corrected chi connectivity index (χ1v) is 7.21. The van der Waals surface area contributed by atoms with Crippen LogP contribution in [0.25, 0.3) is 0 Å². The molecule has 1 aromatic carbocycles. The Kier molecular flexibility index (Phi) is 5.03. The van der Waals surface area contributed by atoms with Gasteiger partial charge in [0.2, 0.25) is 0 Å². The smallest absolute Gasteiger partial charge is 0.119 e. The first-order chi connectivity index (χ1) is 8.70. The van der Waals surface area contributed by atoms with Gasteiger partial charge in [-0.05, 0) is 55.5 Å². The number of ether oxygens (including phenoxy) is 1. The second-order valence-electron chi connectivity index (χ2n) is 4.84. The van der Waals surface area contributed by atoms with Crippen molar-refractivity contribution in [2.75, 3.05) is 20.2 Å². The molecule has 0 saturated carbocycles. The van der Waals surface area contributed by atoms with Crippen LogP contribution < -0.4 is 10.1 Å². The topological polar surface area (TPSA) is 41.5 Å². The van der Waals surface area contributed by atoms with Crippen molar-refractivity contribution in [2.24, 2.45) is 5.92 Å². The predicted octanol–water partition coefficient (Wildman–Crippen LogP) is 2.36. The Bertz CT molecular complexity index is 391. The second-order valence-corrected chi connectivity index (χ2v) is 5.69. The average molecular weight is 314 g/mol. The molecule has 2 rings (SSSR count). The lowest BCUT2D eigenvalue weighted by Crippen LogP contribution is -2.37. The number of piperidine rings is 1.